The molecular weight excluding hydrogens is 346 g/mol. The molecule has 0 spiro atoms. The fourth-order valence-electron chi connectivity index (χ4n) is 1.43. The van der Waals surface area contributed by atoms with Gasteiger partial charge in [-0.05, 0) is 43.5 Å². The van der Waals surface area contributed by atoms with Gasteiger partial charge in [-0.25, -0.2) is 4.98 Å². The molecule has 0 bridgehead atoms. The van der Waals surface area contributed by atoms with Crippen molar-refractivity contribution in [2.45, 2.75) is 6.54 Å². The van der Waals surface area contributed by atoms with E-state index in [1.54, 1.807) is 0 Å². The maximum Gasteiger partial charge on any atom is 0.132 e. The molecule has 1 aromatic carbocycles. The standard InChI is InChI=1S/C12H11Br2N3/c13-10-6-9(11(15)12(14)17-10)16-7-8-4-2-1-3-5-8/h1-6H,7,15H2,(H,16,17). The number of hydrogen-bond donors (Lipinski definition) is 2. The van der Waals surface area contributed by atoms with Gasteiger partial charge in [0.15, 0.2) is 0 Å². The van der Waals surface area contributed by atoms with Gasteiger partial charge in [0.2, 0.25) is 0 Å². The van der Waals surface area contributed by atoms with Gasteiger partial charge in [0.25, 0.3) is 0 Å². The number of halogens is 2. The number of hydrogen-bond acceptors (Lipinski definition) is 3. The highest BCUT2D eigenvalue weighted by molar-refractivity contribution is 9.11. The lowest BCUT2D eigenvalue weighted by Crippen LogP contribution is -2.03. The van der Waals surface area contributed by atoms with E-state index in [2.05, 4.69) is 54.3 Å². The van der Waals surface area contributed by atoms with Crippen LogP contribution >= 0.6 is 31.9 Å². The molecule has 88 valence electrons. The van der Waals surface area contributed by atoms with E-state index in [0.29, 0.717) is 10.3 Å². The Morgan fingerprint density at radius 3 is 2.59 bits per heavy atom. The van der Waals surface area contributed by atoms with Crippen LogP contribution in [0.25, 0.3) is 0 Å². The minimum atomic E-state index is 0.615. The molecule has 3 N–H and O–H groups in total. The third-order valence-electron chi connectivity index (χ3n) is 2.31. The van der Waals surface area contributed by atoms with Gasteiger partial charge in [0.05, 0.1) is 11.4 Å². The molecule has 0 saturated carbocycles. The van der Waals surface area contributed by atoms with Crippen LogP contribution in [0.1, 0.15) is 5.56 Å². The van der Waals surface area contributed by atoms with Crippen molar-refractivity contribution in [2.75, 3.05) is 11.1 Å². The average molecular weight is 357 g/mol. The largest absolute Gasteiger partial charge is 0.395 e. The zero-order chi connectivity index (χ0) is 12.3. The second-order valence-electron chi connectivity index (χ2n) is 3.54. The van der Waals surface area contributed by atoms with Crippen LogP contribution in [0.3, 0.4) is 0 Å². The first-order valence-electron chi connectivity index (χ1n) is 5.06. The number of aromatic nitrogens is 1. The maximum absolute atomic E-state index is 5.92. The van der Waals surface area contributed by atoms with Crippen molar-refractivity contribution in [1.29, 1.82) is 0 Å². The molecular formula is C12H11Br2N3. The topological polar surface area (TPSA) is 50.9 Å². The number of nitrogens with two attached hydrogens (primary N) is 1. The lowest BCUT2D eigenvalue weighted by atomic mass is 10.2. The summed E-state index contributed by atoms with van der Waals surface area (Å²) >= 11 is 6.65. The molecule has 0 aliphatic carbocycles. The Kier molecular flexibility index (Phi) is 4.02. The van der Waals surface area contributed by atoms with Crippen LogP contribution in [0.4, 0.5) is 11.4 Å². The number of nitrogen functional groups attached to an aromatic ring is 1. The van der Waals surface area contributed by atoms with E-state index in [1.807, 2.05) is 24.3 Å². The zero-order valence-electron chi connectivity index (χ0n) is 8.95. The average Bonchev–Trinajstić information content (AvgIpc) is 2.33. The van der Waals surface area contributed by atoms with E-state index in [1.165, 1.54) is 5.56 Å². The highest BCUT2D eigenvalue weighted by atomic mass is 79.9. The predicted octanol–water partition coefficient (Wildman–Crippen LogP) is 3.80. The number of anilines is 2. The second-order valence-corrected chi connectivity index (χ2v) is 5.10. The molecule has 0 aliphatic rings. The minimum absolute atomic E-state index is 0.615. The van der Waals surface area contributed by atoms with E-state index < -0.39 is 0 Å². The molecule has 2 aromatic rings. The molecule has 0 saturated heterocycles. The van der Waals surface area contributed by atoms with Gasteiger partial charge in [0.1, 0.15) is 9.21 Å². The Hall–Kier alpha value is -1.07. The lowest BCUT2D eigenvalue weighted by Gasteiger charge is -2.10. The SMILES string of the molecule is Nc1c(NCc2ccccc2)cc(Br)nc1Br. The summed E-state index contributed by atoms with van der Waals surface area (Å²) in [5.41, 5.74) is 8.61. The molecule has 0 aliphatic heterocycles. The van der Waals surface area contributed by atoms with Crippen molar-refractivity contribution in [3.05, 3.63) is 51.2 Å². The normalized spacial score (nSPS) is 10.2. The third-order valence-corrected chi connectivity index (χ3v) is 3.32. The molecule has 0 atom stereocenters. The van der Waals surface area contributed by atoms with Crippen molar-refractivity contribution in [1.82, 2.24) is 4.98 Å². The molecule has 0 amide bonds. The van der Waals surface area contributed by atoms with Gasteiger partial charge in [-0.3, -0.25) is 0 Å². The number of benzene rings is 1. The number of nitrogens with zero attached hydrogens (tertiary/aromatic N) is 1. The summed E-state index contributed by atoms with van der Waals surface area (Å²) in [5.74, 6) is 0. The Labute approximate surface area is 117 Å². The molecule has 3 nitrogen and oxygen atoms in total. The van der Waals surface area contributed by atoms with E-state index in [4.69, 9.17) is 5.73 Å². The zero-order valence-corrected chi connectivity index (χ0v) is 12.1. The van der Waals surface area contributed by atoms with Crippen molar-refractivity contribution in [3.63, 3.8) is 0 Å². The van der Waals surface area contributed by atoms with E-state index in [-0.39, 0.29) is 0 Å². The van der Waals surface area contributed by atoms with Gasteiger partial charge in [-0.15, -0.1) is 0 Å². The van der Waals surface area contributed by atoms with Crippen molar-refractivity contribution in [2.24, 2.45) is 0 Å². The molecule has 1 aromatic heterocycles. The molecule has 2 rings (SSSR count). The first-order valence-corrected chi connectivity index (χ1v) is 6.64. The van der Waals surface area contributed by atoms with E-state index in [0.717, 1.165) is 16.8 Å². The summed E-state index contributed by atoms with van der Waals surface area (Å²) in [6, 6.07) is 12.0. The highest BCUT2D eigenvalue weighted by Crippen LogP contribution is 2.29. The molecule has 0 fully saturated rings. The molecule has 5 heteroatoms. The molecule has 17 heavy (non-hydrogen) atoms. The first kappa shape index (κ1) is 12.4. The van der Waals surface area contributed by atoms with Gasteiger partial charge in [0, 0.05) is 6.54 Å². The maximum atomic E-state index is 5.92. The van der Waals surface area contributed by atoms with E-state index >= 15 is 0 Å². The minimum Gasteiger partial charge on any atom is -0.395 e. The van der Waals surface area contributed by atoms with Crippen LogP contribution in [-0.4, -0.2) is 4.98 Å². The third kappa shape index (κ3) is 3.20. The first-order chi connectivity index (χ1) is 8.16. The Morgan fingerprint density at radius 1 is 1.18 bits per heavy atom. The van der Waals surface area contributed by atoms with Crippen LogP contribution in [-0.2, 0) is 6.54 Å². The summed E-state index contributed by atoms with van der Waals surface area (Å²) in [6.07, 6.45) is 0. The fraction of sp³-hybridized carbons (Fsp3) is 0.0833. The number of pyridine rings is 1. The predicted molar refractivity (Wildman–Crippen MR) is 77.8 cm³/mol. The Balaban J connectivity index is 2.14. The highest BCUT2D eigenvalue weighted by Gasteiger charge is 2.06. The summed E-state index contributed by atoms with van der Waals surface area (Å²) in [5, 5.41) is 3.29. The van der Waals surface area contributed by atoms with Gasteiger partial charge < -0.3 is 11.1 Å². The van der Waals surface area contributed by atoms with Crippen LogP contribution in [0, 0.1) is 0 Å². The Bertz CT molecular complexity index is 515. The van der Waals surface area contributed by atoms with Crippen LogP contribution in [0.5, 0.6) is 0 Å². The number of nitrogens with one attached hydrogen (secondary N) is 1. The monoisotopic (exact) mass is 355 g/mol. The van der Waals surface area contributed by atoms with Gasteiger partial charge >= 0.3 is 0 Å². The quantitative estimate of drug-likeness (QED) is 0.822. The summed E-state index contributed by atoms with van der Waals surface area (Å²) in [7, 11) is 0. The van der Waals surface area contributed by atoms with Crippen LogP contribution in [0.2, 0.25) is 0 Å². The van der Waals surface area contributed by atoms with Crippen molar-refractivity contribution in [3.8, 4) is 0 Å². The summed E-state index contributed by atoms with van der Waals surface area (Å²) in [4.78, 5) is 4.16. The number of rotatable bonds is 3. The molecule has 1 heterocycles. The van der Waals surface area contributed by atoms with Crippen LogP contribution < -0.4 is 11.1 Å². The van der Waals surface area contributed by atoms with Crippen LogP contribution in [0.15, 0.2) is 45.6 Å². The van der Waals surface area contributed by atoms with E-state index in [9.17, 15) is 0 Å². The Morgan fingerprint density at radius 2 is 1.88 bits per heavy atom. The fourth-order valence-corrected chi connectivity index (χ4v) is 2.48. The lowest BCUT2D eigenvalue weighted by molar-refractivity contribution is 1.13. The molecule has 0 unspecified atom stereocenters. The van der Waals surface area contributed by atoms with Crippen molar-refractivity contribution >= 4 is 43.2 Å². The smallest absolute Gasteiger partial charge is 0.132 e. The second kappa shape index (κ2) is 5.51. The van der Waals surface area contributed by atoms with Gasteiger partial charge in [-0.1, -0.05) is 30.3 Å². The molecule has 0 radical (unpaired) electrons. The summed E-state index contributed by atoms with van der Waals surface area (Å²) < 4.78 is 1.39. The summed E-state index contributed by atoms with van der Waals surface area (Å²) in [6.45, 7) is 0.730. The van der Waals surface area contributed by atoms with Gasteiger partial charge in [-0.2, -0.15) is 0 Å². The van der Waals surface area contributed by atoms with Crippen molar-refractivity contribution < 1.29 is 0 Å².